The quantitative estimate of drug-likeness (QED) is 0.576. The number of nitrogens with zero attached hydrogens (tertiary/aromatic N) is 1. The fourth-order valence-electron chi connectivity index (χ4n) is 0.841. The van der Waals surface area contributed by atoms with Gasteiger partial charge in [-0.1, -0.05) is 24.8 Å². The molecule has 1 nitrogen and oxygen atoms in total. The summed E-state index contributed by atoms with van der Waals surface area (Å²) >= 11 is 0. The largest absolute Gasteiger partial charge is 0.351 e. The van der Waals surface area contributed by atoms with Crippen LogP contribution in [0.15, 0.2) is 48.9 Å². The Hall–Kier alpha value is -1.24. The van der Waals surface area contributed by atoms with Crippen molar-refractivity contribution in [2.24, 2.45) is 0 Å². The van der Waals surface area contributed by atoms with Gasteiger partial charge < -0.3 is 4.90 Å². The maximum atomic E-state index is 3.72. The number of allylic oxidation sites excluding steroid dienone is 5. The van der Waals surface area contributed by atoms with Gasteiger partial charge >= 0.3 is 0 Å². The zero-order valence-electron chi connectivity index (χ0n) is 8.12. The Morgan fingerprint density at radius 2 is 1.92 bits per heavy atom. The van der Waals surface area contributed by atoms with Crippen LogP contribution >= 0.6 is 0 Å². The van der Waals surface area contributed by atoms with E-state index in [1.807, 2.05) is 62.4 Å². The standard InChI is InChI=1S/C11H17N/c1-5-8-9-10-12(4)11(6-2)7-3/h5-10H,2H2,1,3-4H3/b8-5-,10-9+,11-7+. The van der Waals surface area contributed by atoms with Crippen LogP contribution < -0.4 is 0 Å². The van der Waals surface area contributed by atoms with Crippen LogP contribution in [0.5, 0.6) is 0 Å². The average molecular weight is 163 g/mol. The summed E-state index contributed by atoms with van der Waals surface area (Å²) in [4.78, 5) is 2.02. The second kappa shape index (κ2) is 6.47. The molecule has 0 heterocycles. The summed E-state index contributed by atoms with van der Waals surface area (Å²) in [6.07, 6.45) is 11.8. The first-order valence-corrected chi connectivity index (χ1v) is 4.07. The fourth-order valence-corrected chi connectivity index (χ4v) is 0.841. The molecule has 0 aliphatic carbocycles. The SMILES string of the molecule is C=C/C(=C\C)N(C)/C=C/C=C\C. The highest BCUT2D eigenvalue weighted by molar-refractivity contribution is 5.17. The number of rotatable bonds is 4. The zero-order chi connectivity index (χ0) is 9.40. The molecule has 0 aromatic carbocycles. The maximum absolute atomic E-state index is 3.72. The van der Waals surface area contributed by atoms with Crippen LogP contribution in [-0.2, 0) is 0 Å². The van der Waals surface area contributed by atoms with Crippen LogP contribution in [0.3, 0.4) is 0 Å². The summed E-state index contributed by atoms with van der Waals surface area (Å²) in [6, 6.07) is 0. The highest BCUT2D eigenvalue weighted by atomic mass is 15.1. The smallest absolute Gasteiger partial charge is 0.0354 e. The molecule has 0 aromatic heterocycles. The molecule has 0 amide bonds. The van der Waals surface area contributed by atoms with Crippen LogP contribution in [0.2, 0.25) is 0 Å². The predicted octanol–water partition coefficient (Wildman–Crippen LogP) is 3.10. The minimum Gasteiger partial charge on any atom is -0.351 e. The Morgan fingerprint density at radius 1 is 1.25 bits per heavy atom. The van der Waals surface area contributed by atoms with Gasteiger partial charge in [0.15, 0.2) is 0 Å². The number of hydrogen-bond donors (Lipinski definition) is 0. The summed E-state index contributed by atoms with van der Waals surface area (Å²) in [5.74, 6) is 0. The molecule has 0 aromatic rings. The van der Waals surface area contributed by atoms with Crippen LogP contribution in [0.25, 0.3) is 0 Å². The zero-order valence-corrected chi connectivity index (χ0v) is 8.12. The Morgan fingerprint density at radius 3 is 2.33 bits per heavy atom. The summed E-state index contributed by atoms with van der Waals surface area (Å²) in [7, 11) is 2.00. The van der Waals surface area contributed by atoms with Gasteiger partial charge in [-0.15, -0.1) is 0 Å². The van der Waals surface area contributed by atoms with Gasteiger partial charge in [0.2, 0.25) is 0 Å². The van der Waals surface area contributed by atoms with Crippen LogP contribution in [0, 0.1) is 0 Å². The Kier molecular flexibility index (Phi) is 5.80. The van der Waals surface area contributed by atoms with Crippen LogP contribution in [0.1, 0.15) is 13.8 Å². The molecule has 0 atom stereocenters. The first kappa shape index (κ1) is 10.8. The van der Waals surface area contributed by atoms with E-state index in [4.69, 9.17) is 0 Å². The van der Waals surface area contributed by atoms with E-state index in [0.717, 1.165) is 5.70 Å². The molecule has 0 rings (SSSR count). The molecule has 0 unspecified atom stereocenters. The summed E-state index contributed by atoms with van der Waals surface area (Å²) in [5, 5.41) is 0. The van der Waals surface area contributed by atoms with E-state index >= 15 is 0 Å². The van der Waals surface area contributed by atoms with Crippen molar-refractivity contribution in [1.82, 2.24) is 4.90 Å². The molecule has 0 spiro atoms. The molecule has 0 fully saturated rings. The molecule has 0 N–H and O–H groups in total. The van der Waals surface area contributed by atoms with Crippen LogP contribution in [0.4, 0.5) is 0 Å². The minimum absolute atomic E-state index is 1.11. The molecule has 0 saturated carbocycles. The predicted molar refractivity (Wildman–Crippen MR) is 55.7 cm³/mol. The Balaban J connectivity index is 4.19. The van der Waals surface area contributed by atoms with Gasteiger partial charge in [0.05, 0.1) is 0 Å². The van der Waals surface area contributed by atoms with E-state index in [9.17, 15) is 0 Å². The number of hydrogen-bond acceptors (Lipinski definition) is 1. The third kappa shape index (κ3) is 3.81. The molecule has 12 heavy (non-hydrogen) atoms. The molecular weight excluding hydrogens is 146 g/mol. The molecule has 0 saturated heterocycles. The highest BCUT2D eigenvalue weighted by Crippen LogP contribution is 2.02. The molecule has 0 aliphatic rings. The lowest BCUT2D eigenvalue weighted by atomic mass is 10.3. The molecule has 0 aliphatic heterocycles. The Labute approximate surface area is 75.4 Å². The van der Waals surface area contributed by atoms with E-state index < -0.39 is 0 Å². The Bertz CT molecular complexity index is 209. The first-order chi connectivity index (χ1) is 5.76. The topological polar surface area (TPSA) is 3.24 Å². The van der Waals surface area contributed by atoms with Gasteiger partial charge in [0.25, 0.3) is 0 Å². The van der Waals surface area contributed by atoms with Crippen molar-refractivity contribution >= 4 is 0 Å². The van der Waals surface area contributed by atoms with Crippen LogP contribution in [-0.4, -0.2) is 11.9 Å². The minimum atomic E-state index is 1.11. The lowest BCUT2D eigenvalue weighted by molar-refractivity contribution is 0.587. The second-order valence-corrected chi connectivity index (χ2v) is 2.40. The highest BCUT2D eigenvalue weighted by Gasteiger charge is 1.91. The third-order valence-corrected chi connectivity index (χ3v) is 1.53. The van der Waals surface area contributed by atoms with Gasteiger partial charge in [0.1, 0.15) is 0 Å². The van der Waals surface area contributed by atoms with Crippen molar-refractivity contribution in [2.45, 2.75) is 13.8 Å². The van der Waals surface area contributed by atoms with Gasteiger partial charge in [-0.2, -0.15) is 0 Å². The molecular formula is C11H17N. The number of likely N-dealkylation sites (N-methyl/N-ethyl adjacent to an activating group) is 1. The van der Waals surface area contributed by atoms with E-state index in [2.05, 4.69) is 6.58 Å². The molecule has 66 valence electrons. The van der Waals surface area contributed by atoms with Crippen molar-refractivity contribution in [3.63, 3.8) is 0 Å². The molecule has 0 radical (unpaired) electrons. The van der Waals surface area contributed by atoms with Gasteiger partial charge in [-0.05, 0) is 26.0 Å². The van der Waals surface area contributed by atoms with Gasteiger partial charge in [0, 0.05) is 18.9 Å². The second-order valence-electron chi connectivity index (χ2n) is 2.40. The average Bonchev–Trinajstić information content (AvgIpc) is 2.07. The molecule has 1 heteroatoms. The van der Waals surface area contributed by atoms with Crippen molar-refractivity contribution in [3.8, 4) is 0 Å². The van der Waals surface area contributed by atoms with Crippen molar-refractivity contribution in [1.29, 1.82) is 0 Å². The van der Waals surface area contributed by atoms with E-state index in [0.29, 0.717) is 0 Å². The monoisotopic (exact) mass is 163 g/mol. The van der Waals surface area contributed by atoms with Crippen molar-refractivity contribution in [2.75, 3.05) is 7.05 Å². The first-order valence-electron chi connectivity index (χ1n) is 4.07. The molecule has 0 bridgehead atoms. The van der Waals surface area contributed by atoms with E-state index in [1.54, 1.807) is 0 Å². The van der Waals surface area contributed by atoms with Gasteiger partial charge in [-0.3, -0.25) is 0 Å². The van der Waals surface area contributed by atoms with Crippen molar-refractivity contribution in [3.05, 3.63) is 48.9 Å². The summed E-state index contributed by atoms with van der Waals surface area (Å²) in [5.41, 5.74) is 1.11. The lowest BCUT2D eigenvalue weighted by Crippen LogP contribution is -2.07. The third-order valence-electron chi connectivity index (χ3n) is 1.53. The lowest BCUT2D eigenvalue weighted by Gasteiger charge is -2.13. The summed E-state index contributed by atoms with van der Waals surface area (Å²) in [6.45, 7) is 7.71. The normalized spacial score (nSPS) is 12.8. The van der Waals surface area contributed by atoms with E-state index in [-0.39, 0.29) is 0 Å². The van der Waals surface area contributed by atoms with Gasteiger partial charge in [-0.25, -0.2) is 0 Å². The summed E-state index contributed by atoms with van der Waals surface area (Å²) < 4.78 is 0. The fraction of sp³-hybridized carbons (Fsp3) is 0.273. The van der Waals surface area contributed by atoms with Crippen molar-refractivity contribution < 1.29 is 0 Å². The van der Waals surface area contributed by atoms with E-state index in [1.165, 1.54) is 0 Å². The maximum Gasteiger partial charge on any atom is 0.0354 e.